The predicted octanol–water partition coefficient (Wildman–Crippen LogP) is 2.90. The van der Waals surface area contributed by atoms with Crippen molar-refractivity contribution < 1.29 is 4.79 Å². The Hall–Kier alpha value is -0.710. The molecule has 2 unspecified atom stereocenters. The third kappa shape index (κ3) is 4.18. The minimum atomic E-state index is 0. The SMILES string of the molecule is CC(C(=O)N1CCC(CSc2ccccc2)C1)C1CNC1.Cl. The number of nitrogens with one attached hydrogen (secondary N) is 1. The highest BCUT2D eigenvalue weighted by atomic mass is 35.5. The van der Waals surface area contributed by atoms with Crippen molar-refractivity contribution in [2.24, 2.45) is 17.8 Å². The van der Waals surface area contributed by atoms with Crippen LogP contribution in [0.4, 0.5) is 0 Å². The molecule has 0 bridgehead atoms. The molecule has 5 heteroatoms. The number of amides is 1. The molecule has 2 fully saturated rings. The van der Waals surface area contributed by atoms with Crippen LogP contribution in [0.25, 0.3) is 0 Å². The summed E-state index contributed by atoms with van der Waals surface area (Å²) in [6.45, 7) is 6.01. The van der Waals surface area contributed by atoms with E-state index in [1.54, 1.807) is 0 Å². The average molecular weight is 341 g/mol. The molecule has 3 rings (SSSR count). The van der Waals surface area contributed by atoms with Crippen LogP contribution >= 0.6 is 24.2 Å². The predicted molar refractivity (Wildman–Crippen MR) is 94.6 cm³/mol. The van der Waals surface area contributed by atoms with Gasteiger partial charge < -0.3 is 10.2 Å². The Morgan fingerprint density at radius 3 is 2.73 bits per heavy atom. The number of rotatable bonds is 5. The highest BCUT2D eigenvalue weighted by Gasteiger charge is 2.34. The Morgan fingerprint density at radius 2 is 2.09 bits per heavy atom. The summed E-state index contributed by atoms with van der Waals surface area (Å²) in [5.74, 6) is 2.87. The number of carbonyl (C=O) groups excluding carboxylic acids is 1. The first-order valence-electron chi connectivity index (χ1n) is 7.91. The topological polar surface area (TPSA) is 32.3 Å². The third-order valence-corrected chi connectivity index (χ3v) is 5.98. The summed E-state index contributed by atoms with van der Waals surface area (Å²) in [5, 5.41) is 3.26. The van der Waals surface area contributed by atoms with Gasteiger partial charge in [-0.15, -0.1) is 24.2 Å². The molecule has 122 valence electrons. The molecule has 22 heavy (non-hydrogen) atoms. The fourth-order valence-corrected chi connectivity index (χ4v) is 4.10. The normalized spacial score (nSPS) is 22.8. The fraction of sp³-hybridized carbons (Fsp3) is 0.588. The molecule has 1 aromatic rings. The lowest BCUT2D eigenvalue weighted by Gasteiger charge is -2.34. The maximum absolute atomic E-state index is 12.5. The van der Waals surface area contributed by atoms with Crippen molar-refractivity contribution in [2.75, 3.05) is 31.9 Å². The van der Waals surface area contributed by atoms with Crippen molar-refractivity contribution in [3.05, 3.63) is 30.3 Å². The molecule has 0 spiro atoms. The van der Waals surface area contributed by atoms with E-state index < -0.39 is 0 Å². The van der Waals surface area contributed by atoms with Gasteiger partial charge in [0.25, 0.3) is 0 Å². The molecule has 0 radical (unpaired) electrons. The van der Waals surface area contributed by atoms with E-state index in [0.29, 0.717) is 17.7 Å². The van der Waals surface area contributed by atoms with E-state index in [4.69, 9.17) is 0 Å². The van der Waals surface area contributed by atoms with Crippen molar-refractivity contribution in [2.45, 2.75) is 18.2 Å². The molecule has 2 aliphatic heterocycles. The van der Waals surface area contributed by atoms with Crippen LogP contribution in [0.15, 0.2) is 35.2 Å². The Labute approximate surface area is 143 Å². The van der Waals surface area contributed by atoms with Gasteiger partial charge in [0.15, 0.2) is 0 Å². The Morgan fingerprint density at radius 1 is 1.36 bits per heavy atom. The molecular weight excluding hydrogens is 316 g/mol. The van der Waals surface area contributed by atoms with Gasteiger partial charge in [-0.2, -0.15) is 0 Å². The minimum absolute atomic E-state index is 0. The Bertz CT molecular complexity index is 481. The zero-order chi connectivity index (χ0) is 14.7. The summed E-state index contributed by atoms with van der Waals surface area (Å²) in [4.78, 5) is 15.9. The Balaban J connectivity index is 0.00000176. The number of halogens is 1. The summed E-state index contributed by atoms with van der Waals surface area (Å²) in [5.41, 5.74) is 0. The van der Waals surface area contributed by atoms with E-state index in [1.165, 1.54) is 4.90 Å². The van der Waals surface area contributed by atoms with Crippen LogP contribution < -0.4 is 5.32 Å². The molecule has 2 saturated heterocycles. The summed E-state index contributed by atoms with van der Waals surface area (Å²) in [6.07, 6.45) is 1.15. The van der Waals surface area contributed by atoms with Crippen molar-refractivity contribution in [1.29, 1.82) is 0 Å². The average Bonchev–Trinajstić information content (AvgIpc) is 2.92. The van der Waals surface area contributed by atoms with Gasteiger partial charge in [0.2, 0.25) is 5.91 Å². The van der Waals surface area contributed by atoms with Crippen LogP contribution in [0.1, 0.15) is 13.3 Å². The number of carbonyl (C=O) groups is 1. The second-order valence-electron chi connectivity index (χ2n) is 6.27. The van der Waals surface area contributed by atoms with E-state index >= 15 is 0 Å². The lowest BCUT2D eigenvalue weighted by molar-refractivity contribution is -0.136. The number of thioether (sulfide) groups is 1. The van der Waals surface area contributed by atoms with E-state index in [0.717, 1.165) is 38.4 Å². The number of likely N-dealkylation sites (tertiary alicyclic amines) is 1. The summed E-state index contributed by atoms with van der Waals surface area (Å²) >= 11 is 1.91. The molecule has 2 aliphatic rings. The highest BCUT2D eigenvalue weighted by molar-refractivity contribution is 7.99. The van der Waals surface area contributed by atoms with Gasteiger partial charge in [-0.05, 0) is 43.5 Å². The summed E-state index contributed by atoms with van der Waals surface area (Å²) < 4.78 is 0. The number of nitrogens with zero attached hydrogens (tertiary/aromatic N) is 1. The smallest absolute Gasteiger partial charge is 0.225 e. The van der Waals surface area contributed by atoms with Gasteiger partial charge in [-0.3, -0.25) is 4.79 Å². The first-order chi connectivity index (χ1) is 10.2. The summed E-state index contributed by atoms with van der Waals surface area (Å²) in [6, 6.07) is 10.5. The molecule has 0 saturated carbocycles. The highest BCUT2D eigenvalue weighted by Crippen LogP contribution is 2.28. The monoisotopic (exact) mass is 340 g/mol. The molecule has 1 N–H and O–H groups in total. The number of hydrogen-bond donors (Lipinski definition) is 1. The standard InChI is InChI=1S/C17H24N2OS.ClH/c1-13(15-9-18-10-15)17(20)19-8-7-14(11-19)12-21-16-5-3-2-4-6-16;/h2-6,13-15,18H,7-12H2,1H3;1H. The lowest BCUT2D eigenvalue weighted by Crippen LogP contribution is -2.50. The molecule has 3 nitrogen and oxygen atoms in total. The maximum atomic E-state index is 12.5. The second kappa shape index (κ2) is 8.23. The van der Waals surface area contributed by atoms with Crippen molar-refractivity contribution >= 4 is 30.1 Å². The molecule has 2 heterocycles. The zero-order valence-corrected chi connectivity index (χ0v) is 14.7. The molecule has 0 aliphatic carbocycles. The van der Waals surface area contributed by atoms with Crippen LogP contribution in [-0.2, 0) is 4.79 Å². The first kappa shape index (κ1) is 17.6. The van der Waals surface area contributed by atoms with Crippen LogP contribution in [0.5, 0.6) is 0 Å². The molecule has 1 aromatic carbocycles. The van der Waals surface area contributed by atoms with Crippen LogP contribution in [0.3, 0.4) is 0 Å². The van der Waals surface area contributed by atoms with E-state index in [2.05, 4.69) is 47.5 Å². The number of benzene rings is 1. The van der Waals surface area contributed by atoms with Gasteiger partial charge in [0, 0.05) is 29.7 Å². The minimum Gasteiger partial charge on any atom is -0.342 e. The van der Waals surface area contributed by atoms with E-state index in [-0.39, 0.29) is 18.3 Å². The molecular formula is C17H25ClN2OS. The summed E-state index contributed by atoms with van der Waals surface area (Å²) in [7, 11) is 0. The fourth-order valence-electron chi connectivity index (χ4n) is 3.05. The second-order valence-corrected chi connectivity index (χ2v) is 7.36. The van der Waals surface area contributed by atoms with Crippen LogP contribution in [0, 0.1) is 17.8 Å². The quantitative estimate of drug-likeness (QED) is 0.836. The maximum Gasteiger partial charge on any atom is 0.225 e. The first-order valence-corrected chi connectivity index (χ1v) is 8.90. The van der Waals surface area contributed by atoms with Gasteiger partial charge in [-0.1, -0.05) is 25.1 Å². The van der Waals surface area contributed by atoms with Crippen molar-refractivity contribution in [3.8, 4) is 0 Å². The molecule has 2 atom stereocenters. The van der Waals surface area contributed by atoms with Crippen LogP contribution in [0.2, 0.25) is 0 Å². The zero-order valence-electron chi connectivity index (χ0n) is 13.0. The van der Waals surface area contributed by atoms with Gasteiger partial charge in [0.1, 0.15) is 0 Å². The van der Waals surface area contributed by atoms with Gasteiger partial charge in [0.05, 0.1) is 0 Å². The third-order valence-electron chi connectivity index (χ3n) is 4.74. The van der Waals surface area contributed by atoms with Gasteiger partial charge in [-0.25, -0.2) is 0 Å². The number of hydrogen-bond acceptors (Lipinski definition) is 3. The van der Waals surface area contributed by atoms with E-state index in [9.17, 15) is 4.79 Å². The van der Waals surface area contributed by atoms with Gasteiger partial charge >= 0.3 is 0 Å². The van der Waals surface area contributed by atoms with Crippen molar-refractivity contribution in [3.63, 3.8) is 0 Å². The van der Waals surface area contributed by atoms with E-state index in [1.807, 2.05) is 11.8 Å². The Kier molecular flexibility index (Phi) is 6.60. The molecule has 0 aromatic heterocycles. The largest absolute Gasteiger partial charge is 0.342 e. The van der Waals surface area contributed by atoms with Crippen LogP contribution in [-0.4, -0.2) is 42.7 Å². The van der Waals surface area contributed by atoms with Crippen molar-refractivity contribution in [1.82, 2.24) is 10.2 Å². The lowest BCUT2D eigenvalue weighted by atomic mass is 9.88. The molecule has 1 amide bonds.